The number of nitrogen functional groups attached to an aromatic ring is 1. The number of nitrogens with zero attached hydrogens (tertiary/aromatic N) is 1. The summed E-state index contributed by atoms with van der Waals surface area (Å²) in [5.41, 5.74) is 4.84. The summed E-state index contributed by atoms with van der Waals surface area (Å²) in [5.74, 6) is 2.63. The summed E-state index contributed by atoms with van der Waals surface area (Å²) in [4.78, 5) is 25.0. The molecular formula is C11H16N4O2. The Hall–Kier alpha value is -2.16. The van der Waals surface area contributed by atoms with Crippen molar-refractivity contribution < 1.29 is 0 Å². The van der Waals surface area contributed by atoms with E-state index in [-0.39, 0.29) is 17.5 Å². The normalized spacial score (nSPS) is 11.8. The predicted octanol–water partition coefficient (Wildman–Crippen LogP) is -0.130. The van der Waals surface area contributed by atoms with Crippen LogP contribution in [0, 0.1) is 12.3 Å². The highest BCUT2D eigenvalue weighted by Crippen LogP contribution is 2.12. The topological polar surface area (TPSA) is 92.9 Å². The van der Waals surface area contributed by atoms with Crippen molar-refractivity contribution >= 4 is 11.5 Å². The SMILES string of the molecule is C#CCC(CC)Nc1c(N)n(C)c(=O)[nH]c1=O. The fraction of sp³-hybridized carbons (Fsp3) is 0.455. The van der Waals surface area contributed by atoms with Crippen LogP contribution in [0.5, 0.6) is 0 Å². The van der Waals surface area contributed by atoms with Gasteiger partial charge in [-0.2, -0.15) is 0 Å². The van der Waals surface area contributed by atoms with Gasteiger partial charge in [-0.25, -0.2) is 4.79 Å². The van der Waals surface area contributed by atoms with Gasteiger partial charge in [0.1, 0.15) is 11.5 Å². The minimum Gasteiger partial charge on any atom is -0.383 e. The molecule has 0 fully saturated rings. The van der Waals surface area contributed by atoms with E-state index in [1.807, 2.05) is 6.92 Å². The van der Waals surface area contributed by atoms with Gasteiger partial charge in [-0.05, 0) is 6.42 Å². The molecule has 0 amide bonds. The molecule has 1 unspecified atom stereocenters. The van der Waals surface area contributed by atoms with Gasteiger partial charge in [-0.1, -0.05) is 6.92 Å². The predicted molar refractivity (Wildman–Crippen MR) is 67.9 cm³/mol. The van der Waals surface area contributed by atoms with E-state index in [9.17, 15) is 9.59 Å². The average molecular weight is 236 g/mol. The van der Waals surface area contributed by atoms with Crippen LogP contribution in [0.1, 0.15) is 19.8 Å². The number of hydrogen-bond donors (Lipinski definition) is 3. The minimum absolute atomic E-state index is 0.0408. The molecule has 6 heteroatoms. The number of rotatable bonds is 4. The van der Waals surface area contributed by atoms with E-state index in [4.69, 9.17) is 12.2 Å². The monoisotopic (exact) mass is 236 g/mol. The first-order valence-corrected chi connectivity index (χ1v) is 5.30. The summed E-state index contributed by atoms with van der Waals surface area (Å²) in [6.07, 6.45) is 6.47. The Labute approximate surface area is 98.8 Å². The Morgan fingerprint density at radius 2 is 2.24 bits per heavy atom. The van der Waals surface area contributed by atoms with E-state index in [2.05, 4.69) is 16.2 Å². The molecule has 17 heavy (non-hydrogen) atoms. The van der Waals surface area contributed by atoms with E-state index < -0.39 is 11.2 Å². The van der Waals surface area contributed by atoms with E-state index in [1.165, 1.54) is 11.6 Å². The van der Waals surface area contributed by atoms with E-state index in [1.54, 1.807) is 0 Å². The smallest absolute Gasteiger partial charge is 0.329 e. The summed E-state index contributed by atoms with van der Waals surface area (Å²) in [5, 5.41) is 2.96. The number of aromatic nitrogens is 2. The maximum absolute atomic E-state index is 11.6. The van der Waals surface area contributed by atoms with Crippen molar-refractivity contribution in [1.82, 2.24) is 9.55 Å². The number of aromatic amines is 1. The second-order valence-corrected chi connectivity index (χ2v) is 3.74. The molecule has 0 aliphatic heterocycles. The first-order chi connectivity index (χ1) is 8.01. The highest BCUT2D eigenvalue weighted by atomic mass is 16.2. The summed E-state index contributed by atoms with van der Waals surface area (Å²) >= 11 is 0. The molecule has 0 radical (unpaired) electrons. The standard InChI is InChI=1S/C11H16N4O2/c1-4-6-7(5-2)13-8-9(12)15(3)11(17)14-10(8)16/h1,7,13H,5-6,12H2,2-3H3,(H,14,16,17). The molecular weight excluding hydrogens is 220 g/mol. The average Bonchev–Trinajstić information content (AvgIpc) is 2.30. The van der Waals surface area contributed by atoms with E-state index in [0.29, 0.717) is 6.42 Å². The summed E-state index contributed by atoms with van der Waals surface area (Å²) in [7, 11) is 1.49. The second kappa shape index (κ2) is 5.25. The first kappa shape index (κ1) is 12.9. The van der Waals surface area contributed by atoms with Crippen molar-refractivity contribution in [2.45, 2.75) is 25.8 Å². The van der Waals surface area contributed by atoms with Gasteiger partial charge in [0.15, 0.2) is 0 Å². The molecule has 0 saturated heterocycles. The number of anilines is 2. The maximum Gasteiger partial charge on any atom is 0.329 e. The number of H-pyrrole nitrogens is 1. The molecule has 1 rings (SSSR count). The zero-order valence-electron chi connectivity index (χ0n) is 9.91. The first-order valence-electron chi connectivity index (χ1n) is 5.30. The zero-order chi connectivity index (χ0) is 13.0. The van der Waals surface area contributed by atoms with Crippen molar-refractivity contribution in [1.29, 1.82) is 0 Å². The number of terminal acetylenes is 1. The Balaban J connectivity index is 3.16. The van der Waals surface area contributed by atoms with Gasteiger partial charge in [-0.15, -0.1) is 12.3 Å². The molecule has 0 aliphatic carbocycles. The lowest BCUT2D eigenvalue weighted by Gasteiger charge is -2.17. The lowest BCUT2D eigenvalue weighted by molar-refractivity contribution is 0.708. The molecule has 0 aromatic carbocycles. The Morgan fingerprint density at radius 3 is 2.76 bits per heavy atom. The van der Waals surface area contributed by atoms with Gasteiger partial charge in [0.05, 0.1) is 0 Å². The van der Waals surface area contributed by atoms with Crippen LogP contribution in [-0.2, 0) is 7.05 Å². The van der Waals surface area contributed by atoms with Gasteiger partial charge in [0, 0.05) is 19.5 Å². The molecule has 1 aromatic rings. The van der Waals surface area contributed by atoms with Crippen LogP contribution in [0.4, 0.5) is 11.5 Å². The van der Waals surface area contributed by atoms with Gasteiger partial charge in [0.2, 0.25) is 0 Å². The lowest BCUT2D eigenvalue weighted by Crippen LogP contribution is -2.34. The molecule has 0 saturated carbocycles. The third-order valence-corrected chi connectivity index (χ3v) is 2.58. The van der Waals surface area contributed by atoms with Gasteiger partial charge in [-0.3, -0.25) is 14.3 Å². The molecule has 6 nitrogen and oxygen atoms in total. The van der Waals surface area contributed by atoms with Crippen LogP contribution in [0.3, 0.4) is 0 Å². The Bertz CT molecular complexity index is 550. The van der Waals surface area contributed by atoms with Gasteiger partial charge in [0.25, 0.3) is 5.56 Å². The molecule has 0 aliphatic rings. The highest BCUT2D eigenvalue weighted by Gasteiger charge is 2.13. The Kier molecular flexibility index (Phi) is 3.99. The van der Waals surface area contributed by atoms with Crippen LogP contribution in [0.25, 0.3) is 0 Å². The van der Waals surface area contributed by atoms with Crippen molar-refractivity contribution in [3.05, 3.63) is 20.8 Å². The molecule has 92 valence electrons. The fourth-order valence-corrected chi connectivity index (χ4v) is 1.42. The third kappa shape index (κ3) is 2.69. The molecule has 4 N–H and O–H groups in total. The number of hydrogen-bond acceptors (Lipinski definition) is 4. The molecule has 1 aromatic heterocycles. The Morgan fingerprint density at radius 1 is 1.59 bits per heavy atom. The van der Waals surface area contributed by atoms with Crippen molar-refractivity contribution in [3.63, 3.8) is 0 Å². The maximum atomic E-state index is 11.6. The van der Waals surface area contributed by atoms with Crippen LogP contribution >= 0.6 is 0 Å². The fourth-order valence-electron chi connectivity index (χ4n) is 1.42. The molecule has 1 heterocycles. The van der Waals surface area contributed by atoms with Crippen LogP contribution in [0.2, 0.25) is 0 Å². The van der Waals surface area contributed by atoms with E-state index in [0.717, 1.165) is 6.42 Å². The number of nitrogens with two attached hydrogens (primary N) is 1. The quantitative estimate of drug-likeness (QED) is 0.635. The lowest BCUT2D eigenvalue weighted by atomic mass is 10.1. The third-order valence-electron chi connectivity index (χ3n) is 2.58. The van der Waals surface area contributed by atoms with Crippen molar-refractivity contribution in [3.8, 4) is 12.3 Å². The highest BCUT2D eigenvalue weighted by molar-refractivity contribution is 5.60. The molecule has 0 spiro atoms. The van der Waals surface area contributed by atoms with Crippen molar-refractivity contribution in [2.24, 2.45) is 7.05 Å². The second-order valence-electron chi connectivity index (χ2n) is 3.74. The summed E-state index contributed by atoms with van der Waals surface area (Å²) in [6, 6.07) is -0.0408. The molecule has 0 bridgehead atoms. The summed E-state index contributed by atoms with van der Waals surface area (Å²) < 4.78 is 1.17. The minimum atomic E-state index is -0.539. The summed E-state index contributed by atoms with van der Waals surface area (Å²) in [6.45, 7) is 1.95. The van der Waals surface area contributed by atoms with Crippen LogP contribution in [-0.4, -0.2) is 15.6 Å². The van der Waals surface area contributed by atoms with Crippen molar-refractivity contribution in [2.75, 3.05) is 11.1 Å². The van der Waals surface area contributed by atoms with Gasteiger partial charge < -0.3 is 11.1 Å². The molecule has 1 atom stereocenters. The van der Waals surface area contributed by atoms with Crippen LogP contribution < -0.4 is 22.3 Å². The van der Waals surface area contributed by atoms with E-state index >= 15 is 0 Å². The number of nitrogens with one attached hydrogen (secondary N) is 2. The van der Waals surface area contributed by atoms with Gasteiger partial charge >= 0.3 is 5.69 Å². The zero-order valence-corrected chi connectivity index (χ0v) is 9.91. The largest absolute Gasteiger partial charge is 0.383 e. The van der Waals surface area contributed by atoms with Crippen LogP contribution in [0.15, 0.2) is 9.59 Å².